The lowest BCUT2D eigenvalue weighted by atomic mass is 10.1. The summed E-state index contributed by atoms with van der Waals surface area (Å²) >= 11 is 0. The molecule has 0 aliphatic heterocycles. The minimum atomic E-state index is -1.75. The number of hydrogen-bond donors (Lipinski definition) is 0. The molecular weight excluding hydrogens is 367 g/mol. The van der Waals surface area contributed by atoms with Crippen LogP contribution in [0.5, 0.6) is 0 Å². The lowest BCUT2D eigenvalue weighted by Crippen LogP contribution is -2.05. The molecule has 2 aromatic heterocycles. The van der Waals surface area contributed by atoms with Gasteiger partial charge in [0.15, 0.2) is 0 Å². The van der Waals surface area contributed by atoms with Crippen LogP contribution in [-0.4, -0.2) is 0 Å². The molecule has 0 aliphatic rings. The minimum Gasteiger partial charge on any atom is -0.456 e. The van der Waals surface area contributed by atoms with Gasteiger partial charge in [-0.2, -0.15) is 0 Å². The van der Waals surface area contributed by atoms with E-state index in [0.717, 1.165) is 54.5 Å². The normalized spacial score (nSPS) is 11.7. The zero-order chi connectivity index (χ0) is 18.7. The summed E-state index contributed by atoms with van der Waals surface area (Å²) in [4.78, 5) is 0. The van der Waals surface area contributed by atoms with Crippen molar-refractivity contribution < 1.29 is 13.4 Å². The van der Waals surface area contributed by atoms with Crippen LogP contribution in [0.25, 0.3) is 43.9 Å². The van der Waals surface area contributed by atoms with Crippen LogP contribution in [0, 0.1) is 0 Å². The Kier molecular flexibility index (Phi) is 3.23. The van der Waals surface area contributed by atoms with E-state index in [-0.39, 0.29) is 0 Å². The molecule has 28 heavy (non-hydrogen) atoms. The first-order valence-electron chi connectivity index (χ1n) is 9.08. The highest BCUT2D eigenvalue weighted by molar-refractivity contribution is 7.61. The smallest absolute Gasteiger partial charge is 0.136 e. The number of furan rings is 2. The number of para-hydroxylation sites is 2. The number of hydrogen-bond acceptors (Lipinski definition) is 3. The second kappa shape index (κ2) is 5.79. The summed E-state index contributed by atoms with van der Waals surface area (Å²) in [6, 6.07) is 27.5. The van der Waals surface area contributed by atoms with Crippen molar-refractivity contribution >= 4 is 62.3 Å². The average Bonchev–Trinajstić information content (AvgIpc) is 3.30. The Morgan fingerprint density at radius 2 is 0.929 bits per heavy atom. The second-order valence-electron chi connectivity index (χ2n) is 6.85. The fourth-order valence-corrected chi connectivity index (χ4v) is 5.02. The SMILES string of the molecule is O=[P](c1ccc2c(c1)oc1ccccc12)c1ccc2c(c1)oc1ccccc12. The molecule has 0 spiro atoms. The molecule has 0 unspecified atom stereocenters. The van der Waals surface area contributed by atoms with Crippen molar-refractivity contribution in [3.05, 3.63) is 84.9 Å². The quantitative estimate of drug-likeness (QED) is 0.332. The van der Waals surface area contributed by atoms with Gasteiger partial charge in [0, 0.05) is 32.2 Å². The van der Waals surface area contributed by atoms with Crippen LogP contribution < -0.4 is 10.6 Å². The fourth-order valence-electron chi connectivity index (χ4n) is 3.83. The van der Waals surface area contributed by atoms with Crippen molar-refractivity contribution in [2.75, 3.05) is 0 Å². The Hall–Kier alpha value is -3.42. The van der Waals surface area contributed by atoms with E-state index in [2.05, 4.69) is 0 Å². The summed E-state index contributed by atoms with van der Waals surface area (Å²) in [6.07, 6.45) is 0. The minimum absolute atomic E-state index is 0.747. The highest BCUT2D eigenvalue weighted by atomic mass is 31.1. The zero-order valence-electron chi connectivity index (χ0n) is 14.8. The maximum absolute atomic E-state index is 13.2. The molecule has 1 radical (unpaired) electrons. The largest absolute Gasteiger partial charge is 0.456 e. The Morgan fingerprint density at radius 3 is 1.43 bits per heavy atom. The summed E-state index contributed by atoms with van der Waals surface area (Å²) in [5.74, 6) is 0. The van der Waals surface area contributed by atoms with Crippen LogP contribution >= 0.6 is 7.80 Å². The van der Waals surface area contributed by atoms with Crippen molar-refractivity contribution in [3.63, 3.8) is 0 Å². The molecule has 3 nitrogen and oxygen atoms in total. The molecular formula is C24H14O3P. The zero-order valence-corrected chi connectivity index (χ0v) is 15.6. The van der Waals surface area contributed by atoms with E-state index in [4.69, 9.17) is 8.83 Å². The van der Waals surface area contributed by atoms with Crippen molar-refractivity contribution in [3.8, 4) is 0 Å². The van der Waals surface area contributed by atoms with E-state index in [0.29, 0.717) is 0 Å². The molecule has 0 aliphatic carbocycles. The Bertz CT molecular complexity index is 1420. The molecule has 0 N–H and O–H groups in total. The summed E-state index contributed by atoms with van der Waals surface area (Å²) in [5, 5.41) is 5.71. The fraction of sp³-hybridized carbons (Fsp3) is 0. The van der Waals surface area contributed by atoms with Gasteiger partial charge in [-0.1, -0.05) is 36.4 Å². The third-order valence-corrected chi connectivity index (χ3v) is 6.69. The Balaban J connectivity index is 1.48. The number of fused-ring (bicyclic) bond motifs is 6. The van der Waals surface area contributed by atoms with Gasteiger partial charge in [0.05, 0.1) is 0 Å². The maximum Gasteiger partial charge on any atom is 0.136 e. The predicted octanol–water partition coefficient (Wildman–Crippen LogP) is 6.26. The van der Waals surface area contributed by atoms with Gasteiger partial charge in [-0.25, -0.2) is 0 Å². The van der Waals surface area contributed by atoms with Crippen LogP contribution in [0.2, 0.25) is 0 Å². The standard InChI is InChI=1S/C24H14O3P/c25-28(15-9-11-19-17-5-1-3-7-21(17)26-23(19)13-15)16-10-12-20-18-6-2-4-8-22(18)27-24(20)14-16/h1-14H. The molecule has 6 rings (SSSR count). The van der Waals surface area contributed by atoms with Gasteiger partial charge in [0.1, 0.15) is 30.1 Å². The van der Waals surface area contributed by atoms with Crippen LogP contribution in [0.15, 0.2) is 93.8 Å². The summed E-state index contributed by atoms with van der Waals surface area (Å²) < 4.78 is 25.1. The average molecular weight is 381 g/mol. The third kappa shape index (κ3) is 2.24. The van der Waals surface area contributed by atoms with Crippen LogP contribution in [0.1, 0.15) is 0 Å². The van der Waals surface area contributed by atoms with Crippen molar-refractivity contribution in [2.24, 2.45) is 0 Å². The molecule has 6 aromatic rings. The predicted molar refractivity (Wildman–Crippen MR) is 114 cm³/mol. The van der Waals surface area contributed by atoms with Crippen molar-refractivity contribution in [1.29, 1.82) is 0 Å². The monoisotopic (exact) mass is 381 g/mol. The van der Waals surface area contributed by atoms with E-state index in [1.54, 1.807) is 0 Å². The lowest BCUT2D eigenvalue weighted by molar-refractivity contribution is 0.598. The third-order valence-electron chi connectivity index (χ3n) is 5.19. The first-order valence-corrected chi connectivity index (χ1v) is 10.3. The lowest BCUT2D eigenvalue weighted by Gasteiger charge is -2.02. The van der Waals surface area contributed by atoms with Crippen LogP contribution in [0.3, 0.4) is 0 Å². The summed E-state index contributed by atoms with van der Waals surface area (Å²) in [5.41, 5.74) is 3.20. The molecule has 0 amide bonds. The summed E-state index contributed by atoms with van der Waals surface area (Å²) in [6.45, 7) is 0. The number of rotatable bonds is 2. The summed E-state index contributed by atoms with van der Waals surface area (Å²) in [7, 11) is -1.75. The topological polar surface area (TPSA) is 43.4 Å². The molecule has 4 heteroatoms. The van der Waals surface area contributed by atoms with E-state index in [1.165, 1.54) is 0 Å². The molecule has 0 fully saturated rings. The first kappa shape index (κ1) is 15.6. The Morgan fingerprint density at radius 1 is 0.500 bits per heavy atom. The second-order valence-corrected chi connectivity index (χ2v) is 8.47. The Labute approximate surface area is 161 Å². The molecule has 0 saturated heterocycles. The van der Waals surface area contributed by atoms with Gasteiger partial charge in [-0.15, -0.1) is 0 Å². The van der Waals surface area contributed by atoms with Crippen molar-refractivity contribution in [2.45, 2.75) is 0 Å². The van der Waals surface area contributed by atoms with E-state index < -0.39 is 7.80 Å². The van der Waals surface area contributed by atoms with Crippen LogP contribution in [-0.2, 0) is 4.57 Å². The molecule has 133 valence electrons. The number of benzene rings is 4. The molecule has 0 bridgehead atoms. The first-order chi connectivity index (χ1) is 13.8. The van der Waals surface area contributed by atoms with Crippen molar-refractivity contribution in [1.82, 2.24) is 0 Å². The molecule has 4 aromatic carbocycles. The van der Waals surface area contributed by atoms with Crippen LogP contribution in [0.4, 0.5) is 0 Å². The van der Waals surface area contributed by atoms with Gasteiger partial charge in [0.2, 0.25) is 0 Å². The van der Waals surface area contributed by atoms with Gasteiger partial charge in [-0.05, 0) is 48.5 Å². The molecule has 0 saturated carbocycles. The van der Waals surface area contributed by atoms with Gasteiger partial charge >= 0.3 is 0 Å². The maximum atomic E-state index is 13.2. The van der Waals surface area contributed by atoms with E-state index >= 15 is 0 Å². The van der Waals surface area contributed by atoms with Gasteiger partial charge in [0.25, 0.3) is 0 Å². The van der Waals surface area contributed by atoms with Gasteiger partial charge < -0.3 is 8.83 Å². The highest BCUT2D eigenvalue weighted by Crippen LogP contribution is 2.32. The highest BCUT2D eigenvalue weighted by Gasteiger charge is 2.14. The molecule has 0 atom stereocenters. The van der Waals surface area contributed by atoms with Gasteiger partial charge in [-0.3, -0.25) is 4.57 Å². The van der Waals surface area contributed by atoms with E-state index in [9.17, 15) is 4.57 Å². The molecule has 2 heterocycles. The van der Waals surface area contributed by atoms with E-state index in [1.807, 2.05) is 84.9 Å².